The lowest BCUT2D eigenvalue weighted by Crippen LogP contribution is -1.93. The van der Waals surface area contributed by atoms with Gasteiger partial charge in [-0.3, -0.25) is 4.84 Å². The molecule has 0 bridgehead atoms. The lowest BCUT2D eigenvalue weighted by molar-refractivity contribution is 0.233. The van der Waals surface area contributed by atoms with Gasteiger partial charge in [0.25, 0.3) is 0 Å². The highest BCUT2D eigenvalue weighted by molar-refractivity contribution is 5.57. The second-order valence-corrected chi connectivity index (χ2v) is 1.78. The van der Waals surface area contributed by atoms with E-state index in [4.69, 9.17) is 4.84 Å². The molecule has 0 N–H and O–H groups in total. The predicted octanol–water partition coefficient (Wildman–Crippen LogP) is 0.280. The molecule has 3 heteroatoms. The molecule has 0 amide bonds. The van der Waals surface area contributed by atoms with E-state index in [1.165, 1.54) is 0 Å². The number of rotatable bonds is 2. The van der Waals surface area contributed by atoms with Crippen LogP contribution in [0.3, 0.4) is 0 Å². The molecule has 0 saturated carbocycles. The lowest BCUT2D eigenvalue weighted by Gasteiger charge is -1.78. The summed E-state index contributed by atoms with van der Waals surface area (Å²) in [6.45, 7) is 0. The molecule has 2 unspecified atom stereocenters. The molecular weight excluding hydrogens is 104 g/mol. The summed E-state index contributed by atoms with van der Waals surface area (Å²) in [4.78, 5) is 8.78. The van der Waals surface area contributed by atoms with Crippen molar-refractivity contribution >= 4 is 6.21 Å². The van der Waals surface area contributed by atoms with Crippen molar-refractivity contribution < 1.29 is 4.84 Å². The molecule has 46 valence electrons. The number of aliphatic imine (C=N–C) groups is 1. The molecule has 0 radical (unpaired) electrons. The highest BCUT2D eigenvalue weighted by Crippen LogP contribution is 2.17. The van der Waals surface area contributed by atoms with E-state index in [2.05, 4.69) is 4.99 Å². The van der Waals surface area contributed by atoms with Crippen molar-refractivity contribution in [1.29, 1.82) is 0 Å². The van der Waals surface area contributed by atoms with E-state index < -0.39 is 0 Å². The van der Waals surface area contributed by atoms with Crippen molar-refractivity contribution in [3.05, 3.63) is 0 Å². The fourth-order valence-corrected chi connectivity index (χ4v) is 0.552. The molecule has 0 aromatic carbocycles. The Morgan fingerprint density at radius 1 is 1.88 bits per heavy atom. The van der Waals surface area contributed by atoms with Crippen molar-refractivity contribution in [2.75, 3.05) is 14.1 Å². The number of hydroxylamine groups is 2. The van der Waals surface area contributed by atoms with Crippen molar-refractivity contribution in [3.63, 3.8) is 0 Å². The van der Waals surface area contributed by atoms with Crippen molar-refractivity contribution in [2.45, 2.75) is 12.6 Å². The van der Waals surface area contributed by atoms with Crippen LogP contribution in [0.1, 0.15) is 6.42 Å². The summed E-state index contributed by atoms with van der Waals surface area (Å²) in [6.07, 6.45) is 3.07. The Hall–Kier alpha value is -0.410. The second kappa shape index (κ2) is 2.24. The van der Waals surface area contributed by atoms with Gasteiger partial charge in [-0.15, -0.1) is 0 Å². The summed E-state index contributed by atoms with van der Waals surface area (Å²) in [5, 5.41) is 1.81. The van der Waals surface area contributed by atoms with Gasteiger partial charge in [0.1, 0.15) is 0 Å². The van der Waals surface area contributed by atoms with Crippen molar-refractivity contribution in [3.8, 4) is 0 Å². The molecule has 2 atom stereocenters. The minimum absolute atomic E-state index is 0.304. The molecule has 1 rings (SSSR count). The Morgan fingerprint density at radius 3 is 2.88 bits per heavy atom. The average molecular weight is 114 g/mol. The van der Waals surface area contributed by atoms with Crippen LogP contribution in [0.2, 0.25) is 0 Å². The maximum Gasteiger partial charge on any atom is 0.159 e. The van der Waals surface area contributed by atoms with Crippen LogP contribution < -0.4 is 0 Å². The van der Waals surface area contributed by atoms with E-state index >= 15 is 0 Å². The van der Waals surface area contributed by atoms with Crippen molar-refractivity contribution in [2.24, 2.45) is 4.99 Å². The zero-order valence-electron chi connectivity index (χ0n) is 5.16. The first-order valence-electron chi connectivity index (χ1n) is 2.65. The van der Waals surface area contributed by atoms with Crippen LogP contribution in [0.5, 0.6) is 0 Å². The number of nitrogens with zero attached hydrogens (tertiary/aromatic N) is 2. The molecule has 1 aliphatic heterocycles. The molecule has 1 saturated heterocycles. The fraction of sp³-hybridized carbons (Fsp3) is 0.800. The third-order valence-corrected chi connectivity index (χ3v) is 1.14. The smallest absolute Gasteiger partial charge is 0.159 e. The van der Waals surface area contributed by atoms with Gasteiger partial charge in [-0.25, -0.2) is 0 Å². The van der Waals surface area contributed by atoms with Crippen LogP contribution in [-0.2, 0) is 4.84 Å². The average Bonchev–Trinajstić information content (AvgIpc) is 2.42. The van der Waals surface area contributed by atoms with Crippen LogP contribution >= 0.6 is 0 Å². The summed E-state index contributed by atoms with van der Waals surface area (Å²) >= 11 is 0. The standard InChI is InChI=1S/C5H10N2O/c1-6-4-3-5-7(2)8-5/h4-5H,3H2,1-2H3. The minimum Gasteiger partial charge on any atom is -0.301 e. The zero-order valence-corrected chi connectivity index (χ0v) is 5.16. The highest BCUT2D eigenvalue weighted by Gasteiger charge is 2.30. The number of hydrogen-bond acceptors (Lipinski definition) is 3. The van der Waals surface area contributed by atoms with E-state index in [0.717, 1.165) is 6.42 Å². The molecule has 0 aromatic rings. The van der Waals surface area contributed by atoms with E-state index in [1.54, 1.807) is 7.05 Å². The normalized spacial score (nSPS) is 36.2. The first kappa shape index (κ1) is 5.72. The van der Waals surface area contributed by atoms with Crippen molar-refractivity contribution in [1.82, 2.24) is 5.06 Å². The van der Waals surface area contributed by atoms with Crippen LogP contribution in [-0.4, -0.2) is 31.6 Å². The van der Waals surface area contributed by atoms with Gasteiger partial charge in [0, 0.05) is 26.7 Å². The van der Waals surface area contributed by atoms with Gasteiger partial charge in [0.15, 0.2) is 6.23 Å². The third kappa shape index (κ3) is 1.28. The summed E-state index contributed by atoms with van der Waals surface area (Å²) in [5.74, 6) is 0. The molecule has 0 aromatic heterocycles. The van der Waals surface area contributed by atoms with Gasteiger partial charge < -0.3 is 4.99 Å². The van der Waals surface area contributed by atoms with E-state index in [9.17, 15) is 0 Å². The number of hydrogen-bond donors (Lipinski definition) is 0. The Kier molecular flexibility index (Phi) is 1.60. The highest BCUT2D eigenvalue weighted by atomic mass is 16.8. The Labute approximate surface area is 48.9 Å². The first-order chi connectivity index (χ1) is 3.84. The molecule has 8 heavy (non-hydrogen) atoms. The maximum atomic E-state index is 4.96. The second-order valence-electron chi connectivity index (χ2n) is 1.78. The van der Waals surface area contributed by atoms with E-state index in [1.807, 2.05) is 18.3 Å². The van der Waals surface area contributed by atoms with Crippen LogP contribution in [0.4, 0.5) is 0 Å². The van der Waals surface area contributed by atoms with Crippen LogP contribution in [0.15, 0.2) is 4.99 Å². The van der Waals surface area contributed by atoms with Gasteiger partial charge in [-0.05, 0) is 0 Å². The minimum atomic E-state index is 0.304. The predicted molar refractivity (Wildman–Crippen MR) is 31.7 cm³/mol. The Bertz CT molecular complexity index is 103. The van der Waals surface area contributed by atoms with Crippen LogP contribution in [0, 0.1) is 0 Å². The summed E-state index contributed by atoms with van der Waals surface area (Å²) in [5.41, 5.74) is 0. The Balaban J connectivity index is 2.05. The fourth-order valence-electron chi connectivity index (χ4n) is 0.552. The molecule has 1 aliphatic rings. The van der Waals surface area contributed by atoms with Gasteiger partial charge in [0.2, 0.25) is 0 Å². The lowest BCUT2D eigenvalue weighted by atomic mass is 10.4. The van der Waals surface area contributed by atoms with Gasteiger partial charge in [0.05, 0.1) is 0 Å². The molecular formula is C5H10N2O. The van der Waals surface area contributed by atoms with Crippen LogP contribution in [0.25, 0.3) is 0 Å². The Morgan fingerprint density at radius 2 is 2.50 bits per heavy atom. The maximum absolute atomic E-state index is 4.96. The van der Waals surface area contributed by atoms with Gasteiger partial charge in [-0.1, -0.05) is 0 Å². The summed E-state index contributed by atoms with van der Waals surface area (Å²) in [6, 6.07) is 0. The summed E-state index contributed by atoms with van der Waals surface area (Å²) in [7, 11) is 3.68. The molecule has 3 nitrogen and oxygen atoms in total. The largest absolute Gasteiger partial charge is 0.301 e. The topological polar surface area (TPSA) is 27.9 Å². The monoisotopic (exact) mass is 114 g/mol. The van der Waals surface area contributed by atoms with Gasteiger partial charge in [-0.2, -0.15) is 5.06 Å². The molecule has 1 fully saturated rings. The van der Waals surface area contributed by atoms with Gasteiger partial charge >= 0.3 is 0 Å². The molecule has 1 heterocycles. The molecule has 0 aliphatic carbocycles. The quantitative estimate of drug-likeness (QED) is 0.381. The SMILES string of the molecule is CN=CCC1ON1C. The summed E-state index contributed by atoms with van der Waals surface area (Å²) < 4.78 is 0. The third-order valence-electron chi connectivity index (χ3n) is 1.14. The van der Waals surface area contributed by atoms with E-state index in [0.29, 0.717) is 6.23 Å². The molecule has 0 spiro atoms. The first-order valence-corrected chi connectivity index (χ1v) is 2.65. The zero-order chi connectivity index (χ0) is 5.98. The van der Waals surface area contributed by atoms with E-state index in [-0.39, 0.29) is 0 Å².